The predicted molar refractivity (Wildman–Crippen MR) is 70.6 cm³/mol. The summed E-state index contributed by atoms with van der Waals surface area (Å²) in [7, 11) is 1.69. The molecule has 1 aromatic rings. The summed E-state index contributed by atoms with van der Waals surface area (Å²) in [5.41, 5.74) is 0. The largest absolute Gasteiger partial charge is 0.407 e. The fraction of sp³-hybridized carbons (Fsp3) is 0.833. The van der Waals surface area contributed by atoms with Crippen LogP contribution in [0.1, 0.15) is 26.7 Å². The van der Waals surface area contributed by atoms with E-state index in [9.17, 15) is 0 Å². The second-order valence-electron chi connectivity index (χ2n) is 4.59. The van der Waals surface area contributed by atoms with Crippen LogP contribution in [0.3, 0.4) is 0 Å². The van der Waals surface area contributed by atoms with Crippen molar-refractivity contribution in [1.29, 1.82) is 0 Å². The van der Waals surface area contributed by atoms with Gasteiger partial charge < -0.3 is 19.4 Å². The standard InChI is InChI=1S/C12H24N4O2/c1-5-13-8-11-14-15-12(18-11)16(6-7-17-4)9-10(2)3/h10,13H,5-9H2,1-4H3. The Morgan fingerprint density at radius 3 is 2.78 bits per heavy atom. The summed E-state index contributed by atoms with van der Waals surface area (Å²) >= 11 is 0. The minimum atomic E-state index is 0.533. The number of aromatic nitrogens is 2. The van der Waals surface area contributed by atoms with E-state index in [4.69, 9.17) is 9.15 Å². The van der Waals surface area contributed by atoms with Crippen LogP contribution in [0, 0.1) is 5.92 Å². The van der Waals surface area contributed by atoms with Gasteiger partial charge in [0.05, 0.1) is 13.2 Å². The maximum atomic E-state index is 5.63. The monoisotopic (exact) mass is 256 g/mol. The number of methoxy groups -OCH3 is 1. The molecule has 6 nitrogen and oxygen atoms in total. The molecular weight excluding hydrogens is 232 g/mol. The number of ether oxygens (including phenoxy) is 1. The topological polar surface area (TPSA) is 63.4 Å². The molecule has 6 heteroatoms. The molecule has 1 rings (SSSR count). The van der Waals surface area contributed by atoms with Gasteiger partial charge in [-0.3, -0.25) is 0 Å². The Balaban J connectivity index is 2.62. The van der Waals surface area contributed by atoms with Gasteiger partial charge in [0.1, 0.15) is 0 Å². The molecule has 0 fully saturated rings. The van der Waals surface area contributed by atoms with Gasteiger partial charge in [-0.15, -0.1) is 5.10 Å². The lowest BCUT2D eigenvalue weighted by Gasteiger charge is -2.21. The molecule has 0 unspecified atom stereocenters. The SMILES string of the molecule is CCNCc1nnc(N(CCOC)CC(C)C)o1. The summed E-state index contributed by atoms with van der Waals surface area (Å²) in [6.45, 7) is 10.2. The Kier molecular flexibility index (Phi) is 6.67. The highest BCUT2D eigenvalue weighted by molar-refractivity contribution is 5.23. The zero-order chi connectivity index (χ0) is 13.4. The lowest BCUT2D eigenvalue weighted by molar-refractivity contribution is 0.203. The molecule has 0 bridgehead atoms. The van der Waals surface area contributed by atoms with E-state index in [-0.39, 0.29) is 0 Å². The first kappa shape index (κ1) is 14.9. The molecule has 1 N–H and O–H groups in total. The van der Waals surface area contributed by atoms with Crippen molar-refractivity contribution in [2.75, 3.05) is 38.3 Å². The van der Waals surface area contributed by atoms with Crippen LogP contribution in [-0.4, -0.2) is 43.5 Å². The Labute approximate surface area is 109 Å². The normalized spacial score (nSPS) is 11.2. The first-order chi connectivity index (χ1) is 8.67. The molecule has 104 valence electrons. The van der Waals surface area contributed by atoms with Gasteiger partial charge in [-0.1, -0.05) is 25.9 Å². The fourth-order valence-corrected chi connectivity index (χ4v) is 1.58. The van der Waals surface area contributed by atoms with E-state index in [1.54, 1.807) is 7.11 Å². The highest BCUT2D eigenvalue weighted by Crippen LogP contribution is 2.13. The average molecular weight is 256 g/mol. The van der Waals surface area contributed by atoms with Crippen molar-refractivity contribution in [3.05, 3.63) is 5.89 Å². The van der Waals surface area contributed by atoms with Gasteiger partial charge in [0, 0.05) is 20.2 Å². The predicted octanol–water partition coefficient (Wildman–Crippen LogP) is 1.29. The van der Waals surface area contributed by atoms with Crippen molar-refractivity contribution in [2.24, 2.45) is 5.92 Å². The molecule has 0 saturated carbocycles. The molecule has 0 spiro atoms. The van der Waals surface area contributed by atoms with Crippen LogP contribution in [0.15, 0.2) is 4.42 Å². The van der Waals surface area contributed by atoms with E-state index in [1.807, 2.05) is 6.92 Å². The number of nitrogens with one attached hydrogen (secondary N) is 1. The number of rotatable bonds is 9. The molecule has 0 amide bonds. The fourth-order valence-electron chi connectivity index (χ4n) is 1.58. The Hall–Kier alpha value is -1.14. The minimum Gasteiger partial charge on any atom is -0.407 e. The molecule has 0 atom stereocenters. The molecule has 0 aliphatic heterocycles. The molecule has 0 saturated heterocycles. The van der Waals surface area contributed by atoms with Gasteiger partial charge in [0.15, 0.2) is 0 Å². The quantitative estimate of drug-likeness (QED) is 0.718. The van der Waals surface area contributed by atoms with E-state index in [0.717, 1.165) is 19.6 Å². The third-order valence-electron chi connectivity index (χ3n) is 2.40. The van der Waals surface area contributed by atoms with E-state index >= 15 is 0 Å². The van der Waals surface area contributed by atoms with Gasteiger partial charge in [-0.25, -0.2) is 0 Å². The molecule has 0 aliphatic carbocycles. The molecular formula is C12H24N4O2. The summed E-state index contributed by atoms with van der Waals surface area (Å²) in [6.07, 6.45) is 0. The summed E-state index contributed by atoms with van der Waals surface area (Å²) in [4.78, 5) is 2.07. The van der Waals surface area contributed by atoms with Crippen LogP contribution < -0.4 is 10.2 Å². The van der Waals surface area contributed by atoms with Crippen molar-refractivity contribution in [3.8, 4) is 0 Å². The average Bonchev–Trinajstić information content (AvgIpc) is 2.80. The smallest absolute Gasteiger partial charge is 0.318 e. The number of hydrogen-bond acceptors (Lipinski definition) is 6. The van der Waals surface area contributed by atoms with Crippen LogP contribution in [0.5, 0.6) is 0 Å². The summed E-state index contributed by atoms with van der Waals surface area (Å²) < 4.78 is 10.7. The van der Waals surface area contributed by atoms with Crippen LogP contribution in [-0.2, 0) is 11.3 Å². The third kappa shape index (κ3) is 5.01. The Bertz CT molecular complexity index is 328. The first-order valence-corrected chi connectivity index (χ1v) is 6.44. The zero-order valence-electron chi connectivity index (χ0n) is 11.8. The van der Waals surface area contributed by atoms with Crippen LogP contribution in [0.2, 0.25) is 0 Å². The second kappa shape index (κ2) is 8.05. The maximum Gasteiger partial charge on any atom is 0.318 e. The minimum absolute atomic E-state index is 0.533. The van der Waals surface area contributed by atoms with E-state index < -0.39 is 0 Å². The van der Waals surface area contributed by atoms with Gasteiger partial charge in [0.25, 0.3) is 0 Å². The van der Waals surface area contributed by atoms with Crippen molar-refractivity contribution >= 4 is 6.01 Å². The molecule has 0 aliphatic rings. The molecule has 0 aromatic carbocycles. The van der Waals surface area contributed by atoms with Gasteiger partial charge in [-0.05, 0) is 12.5 Å². The van der Waals surface area contributed by atoms with E-state index in [0.29, 0.717) is 31.0 Å². The van der Waals surface area contributed by atoms with Crippen LogP contribution in [0.25, 0.3) is 0 Å². The Morgan fingerprint density at radius 2 is 2.17 bits per heavy atom. The number of nitrogens with zero attached hydrogens (tertiary/aromatic N) is 3. The highest BCUT2D eigenvalue weighted by Gasteiger charge is 2.15. The Morgan fingerprint density at radius 1 is 1.39 bits per heavy atom. The molecule has 18 heavy (non-hydrogen) atoms. The zero-order valence-corrected chi connectivity index (χ0v) is 11.8. The van der Waals surface area contributed by atoms with Gasteiger partial charge >= 0.3 is 6.01 Å². The van der Waals surface area contributed by atoms with Gasteiger partial charge in [0.2, 0.25) is 5.89 Å². The summed E-state index contributed by atoms with van der Waals surface area (Å²) in [5, 5.41) is 11.3. The van der Waals surface area contributed by atoms with Crippen molar-refractivity contribution in [2.45, 2.75) is 27.3 Å². The highest BCUT2D eigenvalue weighted by atomic mass is 16.5. The van der Waals surface area contributed by atoms with Gasteiger partial charge in [-0.2, -0.15) is 0 Å². The van der Waals surface area contributed by atoms with Crippen molar-refractivity contribution in [3.63, 3.8) is 0 Å². The summed E-state index contributed by atoms with van der Waals surface area (Å²) in [5.74, 6) is 1.16. The summed E-state index contributed by atoms with van der Waals surface area (Å²) in [6, 6.07) is 0.577. The lowest BCUT2D eigenvalue weighted by Crippen LogP contribution is -2.31. The van der Waals surface area contributed by atoms with Crippen molar-refractivity contribution < 1.29 is 9.15 Å². The number of anilines is 1. The molecule has 0 radical (unpaired) electrons. The third-order valence-corrected chi connectivity index (χ3v) is 2.40. The maximum absolute atomic E-state index is 5.63. The van der Waals surface area contributed by atoms with E-state index in [1.165, 1.54) is 0 Å². The van der Waals surface area contributed by atoms with Crippen LogP contribution in [0.4, 0.5) is 6.01 Å². The molecule has 1 aromatic heterocycles. The number of hydrogen-bond donors (Lipinski definition) is 1. The van der Waals surface area contributed by atoms with Crippen molar-refractivity contribution in [1.82, 2.24) is 15.5 Å². The lowest BCUT2D eigenvalue weighted by atomic mass is 10.2. The molecule has 1 heterocycles. The first-order valence-electron chi connectivity index (χ1n) is 6.44. The second-order valence-corrected chi connectivity index (χ2v) is 4.59. The van der Waals surface area contributed by atoms with E-state index in [2.05, 4.69) is 34.3 Å². The van der Waals surface area contributed by atoms with Crippen LogP contribution >= 0.6 is 0 Å².